The zero-order valence-electron chi connectivity index (χ0n) is 42.0. The van der Waals surface area contributed by atoms with E-state index in [1.165, 1.54) is 54.7 Å². The van der Waals surface area contributed by atoms with Crippen molar-refractivity contribution < 1.29 is 9.15 Å². The SMILES string of the molecule is CC(C)c1cc(N(c2ccc(-c3ccccc3)cc2)c2ccccc2Oc2ccccc2)c2ccc3c(C(C)C)cc(N(c4ccc(-c5ccccc5)cc4)c4cccc5c4oc4ccccc45)c4ccc1c2c34. The third-order valence-corrected chi connectivity index (χ3v) is 14.8. The van der Waals surface area contributed by atoms with Crippen LogP contribution < -0.4 is 14.5 Å². The number of anilines is 6. The van der Waals surface area contributed by atoms with Crippen molar-refractivity contribution in [2.45, 2.75) is 39.5 Å². The smallest absolute Gasteiger partial charge is 0.159 e. The maximum atomic E-state index is 6.89. The molecule has 0 aliphatic carbocycles. The molecule has 13 rings (SSSR count). The lowest BCUT2D eigenvalue weighted by Gasteiger charge is -2.32. The minimum Gasteiger partial charge on any atom is -0.455 e. The van der Waals surface area contributed by atoms with E-state index in [1.807, 2.05) is 30.3 Å². The number of para-hydroxylation sites is 5. The number of hydrogen-bond donors (Lipinski definition) is 0. The Kier molecular flexibility index (Phi) is 11.2. The summed E-state index contributed by atoms with van der Waals surface area (Å²) in [5.41, 5.74) is 15.2. The zero-order valence-corrected chi connectivity index (χ0v) is 42.0. The first kappa shape index (κ1) is 44.8. The van der Waals surface area contributed by atoms with Gasteiger partial charge in [0.2, 0.25) is 0 Å². The largest absolute Gasteiger partial charge is 0.455 e. The Bertz CT molecular complexity index is 4140. The molecule has 74 heavy (non-hydrogen) atoms. The molecule has 356 valence electrons. The van der Waals surface area contributed by atoms with E-state index in [-0.39, 0.29) is 11.8 Å². The van der Waals surface area contributed by atoms with E-state index in [2.05, 4.69) is 250 Å². The Labute approximate surface area is 432 Å². The first-order chi connectivity index (χ1) is 36.4. The molecule has 12 aromatic carbocycles. The number of benzene rings is 12. The third kappa shape index (κ3) is 7.70. The molecule has 0 atom stereocenters. The molecular formula is C70H54N2O2. The van der Waals surface area contributed by atoms with E-state index in [4.69, 9.17) is 9.15 Å². The van der Waals surface area contributed by atoms with Crippen molar-refractivity contribution >= 4 is 88.4 Å². The van der Waals surface area contributed by atoms with Crippen LogP contribution in [0.1, 0.15) is 50.7 Å². The normalized spacial score (nSPS) is 11.8. The van der Waals surface area contributed by atoms with Gasteiger partial charge in [-0.05, 0) is 140 Å². The number of rotatable bonds is 12. The Balaban J connectivity index is 1.10. The molecule has 0 radical (unpaired) electrons. The Morgan fingerprint density at radius 3 is 1.32 bits per heavy atom. The number of furan rings is 1. The van der Waals surface area contributed by atoms with Crippen molar-refractivity contribution in [3.05, 3.63) is 254 Å². The summed E-state index contributed by atoms with van der Waals surface area (Å²) in [5, 5.41) is 9.54. The third-order valence-electron chi connectivity index (χ3n) is 14.8. The van der Waals surface area contributed by atoms with Crippen LogP contribution in [0.5, 0.6) is 11.5 Å². The summed E-state index contributed by atoms with van der Waals surface area (Å²) in [6.07, 6.45) is 0. The highest BCUT2D eigenvalue weighted by molar-refractivity contribution is 6.30. The van der Waals surface area contributed by atoms with E-state index in [0.717, 1.165) is 78.5 Å². The van der Waals surface area contributed by atoms with Crippen LogP contribution in [0.2, 0.25) is 0 Å². The highest BCUT2D eigenvalue weighted by atomic mass is 16.5. The van der Waals surface area contributed by atoms with Crippen LogP contribution in [0.4, 0.5) is 34.1 Å². The zero-order chi connectivity index (χ0) is 49.9. The number of ether oxygens (including phenoxy) is 1. The van der Waals surface area contributed by atoms with Crippen LogP contribution in [0.3, 0.4) is 0 Å². The topological polar surface area (TPSA) is 28.9 Å². The minimum atomic E-state index is 0.214. The lowest BCUT2D eigenvalue weighted by atomic mass is 9.84. The van der Waals surface area contributed by atoms with Gasteiger partial charge in [0.15, 0.2) is 11.3 Å². The summed E-state index contributed by atoms with van der Waals surface area (Å²) in [5.74, 6) is 1.98. The van der Waals surface area contributed by atoms with Crippen LogP contribution in [-0.4, -0.2) is 0 Å². The van der Waals surface area contributed by atoms with Crippen molar-refractivity contribution in [2.75, 3.05) is 9.80 Å². The first-order valence-corrected chi connectivity index (χ1v) is 25.8. The highest BCUT2D eigenvalue weighted by Gasteiger charge is 2.28. The predicted molar refractivity (Wildman–Crippen MR) is 312 cm³/mol. The lowest BCUT2D eigenvalue weighted by Crippen LogP contribution is -2.13. The van der Waals surface area contributed by atoms with Gasteiger partial charge in [0.1, 0.15) is 11.3 Å². The second-order valence-electron chi connectivity index (χ2n) is 20.0. The van der Waals surface area contributed by atoms with Crippen LogP contribution in [0.25, 0.3) is 76.5 Å². The van der Waals surface area contributed by atoms with E-state index in [9.17, 15) is 0 Å². The highest BCUT2D eigenvalue weighted by Crippen LogP contribution is 2.53. The van der Waals surface area contributed by atoms with E-state index < -0.39 is 0 Å². The van der Waals surface area contributed by atoms with Crippen molar-refractivity contribution in [3.63, 3.8) is 0 Å². The standard InChI is InChI=1S/C70H54N2O2/c1-45(2)60-43-64(71(51-35-31-49(32-36-51)47-19-8-5-9-20-47)62-27-15-17-30-67(62)73-53-23-12-7-13-24-53)58-41-39-56-61(46(3)4)44-65(59-42-40-55(60)68(58)69(56)59)72(52-37-33-50(34-38-52)48-21-10-6-11-22-48)63-28-18-26-57-54-25-14-16-29-66(54)74-70(57)63/h5-46H,1-4H3. The molecule has 0 saturated carbocycles. The molecule has 1 aromatic heterocycles. The summed E-state index contributed by atoms with van der Waals surface area (Å²) < 4.78 is 13.7. The van der Waals surface area contributed by atoms with Gasteiger partial charge in [0.25, 0.3) is 0 Å². The van der Waals surface area contributed by atoms with Gasteiger partial charge >= 0.3 is 0 Å². The van der Waals surface area contributed by atoms with Crippen LogP contribution >= 0.6 is 0 Å². The van der Waals surface area contributed by atoms with Gasteiger partial charge in [-0.3, -0.25) is 0 Å². The summed E-state index contributed by atoms with van der Waals surface area (Å²) in [4.78, 5) is 4.86. The number of hydrogen-bond acceptors (Lipinski definition) is 4. The van der Waals surface area contributed by atoms with Crippen LogP contribution in [0.15, 0.2) is 247 Å². The average molecular weight is 955 g/mol. The molecule has 0 fully saturated rings. The minimum absolute atomic E-state index is 0.214. The molecule has 0 amide bonds. The van der Waals surface area contributed by atoms with Gasteiger partial charge < -0.3 is 19.0 Å². The van der Waals surface area contributed by atoms with Crippen molar-refractivity contribution in [1.82, 2.24) is 0 Å². The molecule has 0 N–H and O–H groups in total. The molecule has 0 saturated heterocycles. The molecule has 0 spiro atoms. The fourth-order valence-electron chi connectivity index (χ4n) is 11.3. The van der Waals surface area contributed by atoms with E-state index >= 15 is 0 Å². The Morgan fingerprint density at radius 1 is 0.338 bits per heavy atom. The lowest BCUT2D eigenvalue weighted by molar-refractivity contribution is 0.484. The fraction of sp³-hybridized carbons (Fsp3) is 0.0857. The van der Waals surface area contributed by atoms with Crippen molar-refractivity contribution in [2.24, 2.45) is 0 Å². The van der Waals surface area contributed by atoms with E-state index in [0.29, 0.717) is 0 Å². The van der Waals surface area contributed by atoms with Crippen LogP contribution in [0, 0.1) is 0 Å². The number of fused-ring (bicyclic) bond motifs is 3. The van der Waals surface area contributed by atoms with Crippen molar-refractivity contribution in [3.8, 4) is 33.8 Å². The molecule has 0 bridgehead atoms. The van der Waals surface area contributed by atoms with Gasteiger partial charge in [0, 0.05) is 32.9 Å². The molecule has 1 heterocycles. The maximum Gasteiger partial charge on any atom is 0.159 e. The second-order valence-corrected chi connectivity index (χ2v) is 20.0. The van der Waals surface area contributed by atoms with Gasteiger partial charge in [-0.2, -0.15) is 0 Å². The molecule has 4 heteroatoms. The van der Waals surface area contributed by atoms with Gasteiger partial charge in [-0.1, -0.05) is 198 Å². The van der Waals surface area contributed by atoms with Crippen molar-refractivity contribution in [1.29, 1.82) is 0 Å². The van der Waals surface area contributed by atoms with E-state index in [1.54, 1.807) is 0 Å². The maximum absolute atomic E-state index is 6.89. The summed E-state index contributed by atoms with van der Waals surface area (Å²) in [6.45, 7) is 9.29. The summed E-state index contributed by atoms with van der Waals surface area (Å²) in [6, 6.07) is 87.1. The first-order valence-electron chi connectivity index (χ1n) is 25.8. The van der Waals surface area contributed by atoms with Gasteiger partial charge in [-0.15, -0.1) is 0 Å². The van der Waals surface area contributed by atoms with Crippen LogP contribution in [-0.2, 0) is 0 Å². The molecule has 0 aliphatic rings. The Morgan fingerprint density at radius 2 is 0.770 bits per heavy atom. The fourth-order valence-corrected chi connectivity index (χ4v) is 11.3. The number of nitrogens with zero attached hydrogens (tertiary/aromatic N) is 2. The Hall–Kier alpha value is -9.12. The summed E-state index contributed by atoms with van der Waals surface area (Å²) in [7, 11) is 0. The molecular weight excluding hydrogens is 901 g/mol. The predicted octanol–water partition coefficient (Wildman–Crippen LogP) is 20.8. The summed E-state index contributed by atoms with van der Waals surface area (Å²) >= 11 is 0. The molecule has 0 aliphatic heterocycles. The quantitative estimate of drug-likeness (QED) is 0.114. The second kappa shape index (κ2) is 18.5. The van der Waals surface area contributed by atoms with Gasteiger partial charge in [0.05, 0.1) is 22.7 Å². The monoisotopic (exact) mass is 954 g/mol. The molecule has 0 unspecified atom stereocenters. The molecule has 13 aromatic rings. The average Bonchev–Trinajstić information content (AvgIpc) is 3.85. The molecule has 4 nitrogen and oxygen atoms in total. The van der Waals surface area contributed by atoms with Gasteiger partial charge in [-0.25, -0.2) is 0 Å².